The number of halogens is 2. The Hall–Kier alpha value is -3.35. The van der Waals surface area contributed by atoms with Gasteiger partial charge >= 0.3 is 0 Å². The fraction of sp³-hybridized carbons (Fsp3) is 0.105. The number of amides is 1. The highest BCUT2D eigenvalue weighted by Crippen LogP contribution is 2.15. The van der Waals surface area contributed by atoms with Crippen LogP contribution in [0.1, 0.15) is 10.4 Å². The Morgan fingerprint density at radius 2 is 1.73 bits per heavy atom. The minimum atomic E-state index is -0.612. The first-order valence-electron chi connectivity index (χ1n) is 7.91. The fourth-order valence-corrected chi connectivity index (χ4v) is 2.40. The second kappa shape index (κ2) is 7.69. The van der Waals surface area contributed by atoms with Gasteiger partial charge in [0.05, 0.1) is 17.8 Å². The third kappa shape index (κ3) is 4.00. The molecule has 3 rings (SSSR count). The van der Waals surface area contributed by atoms with E-state index in [0.29, 0.717) is 11.3 Å². The molecule has 26 heavy (non-hydrogen) atoms. The molecule has 0 unspecified atom stereocenters. The van der Waals surface area contributed by atoms with Crippen LogP contribution in [0.4, 0.5) is 8.78 Å². The highest BCUT2D eigenvalue weighted by Gasteiger charge is 2.10. The third-order valence-corrected chi connectivity index (χ3v) is 3.73. The molecule has 0 aliphatic carbocycles. The number of aromatic nitrogens is 2. The van der Waals surface area contributed by atoms with Gasteiger partial charge in [0.25, 0.3) is 11.5 Å². The van der Waals surface area contributed by atoms with Crippen molar-refractivity contribution in [3.8, 4) is 11.3 Å². The molecule has 1 heterocycles. The van der Waals surface area contributed by atoms with Crippen molar-refractivity contribution in [3.05, 3.63) is 88.2 Å². The second-order valence-corrected chi connectivity index (χ2v) is 5.52. The van der Waals surface area contributed by atoms with Crippen LogP contribution in [0, 0.1) is 11.6 Å². The summed E-state index contributed by atoms with van der Waals surface area (Å²) in [4.78, 5) is 23.9. The largest absolute Gasteiger partial charge is 0.350 e. The van der Waals surface area contributed by atoms with Crippen molar-refractivity contribution >= 4 is 5.91 Å². The fourth-order valence-electron chi connectivity index (χ4n) is 2.40. The van der Waals surface area contributed by atoms with Crippen molar-refractivity contribution in [1.29, 1.82) is 0 Å². The van der Waals surface area contributed by atoms with Gasteiger partial charge < -0.3 is 5.32 Å². The molecule has 0 bridgehead atoms. The maximum absolute atomic E-state index is 13.6. The molecular formula is C19H15F2N3O2. The Labute approximate surface area is 147 Å². The summed E-state index contributed by atoms with van der Waals surface area (Å²) < 4.78 is 27.8. The van der Waals surface area contributed by atoms with Gasteiger partial charge in [-0.05, 0) is 42.5 Å². The maximum atomic E-state index is 13.6. The molecule has 2 aromatic carbocycles. The van der Waals surface area contributed by atoms with Crippen LogP contribution in [-0.4, -0.2) is 22.2 Å². The van der Waals surface area contributed by atoms with Crippen LogP contribution < -0.4 is 10.9 Å². The molecule has 3 aromatic rings. The van der Waals surface area contributed by atoms with Gasteiger partial charge in [0.15, 0.2) is 0 Å². The zero-order valence-corrected chi connectivity index (χ0v) is 13.7. The van der Waals surface area contributed by atoms with E-state index >= 15 is 0 Å². The highest BCUT2D eigenvalue weighted by atomic mass is 19.1. The number of carbonyl (C=O) groups is 1. The lowest BCUT2D eigenvalue weighted by molar-refractivity contribution is 0.0947. The highest BCUT2D eigenvalue weighted by molar-refractivity contribution is 5.94. The van der Waals surface area contributed by atoms with Gasteiger partial charge in [-0.3, -0.25) is 9.59 Å². The molecule has 0 aliphatic rings. The van der Waals surface area contributed by atoms with Gasteiger partial charge in [0.2, 0.25) is 0 Å². The lowest BCUT2D eigenvalue weighted by Gasteiger charge is -2.09. The summed E-state index contributed by atoms with van der Waals surface area (Å²) in [6, 6.07) is 14.3. The Morgan fingerprint density at radius 3 is 2.46 bits per heavy atom. The SMILES string of the molecule is O=C(NCCn1nc(-c2ccc(F)cc2)ccc1=O)c1ccccc1F. The molecule has 7 heteroatoms. The number of hydrogen-bond acceptors (Lipinski definition) is 3. The Morgan fingerprint density at radius 1 is 1.00 bits per heavy atom. The zero-order chi connectivity index (χ0) is 18.5. The Kier molecular flexibility index (Phi) is 5.17. The zero-order valence-electron chi connectivity index (χ0n) is 13.7. The molecule has 0 fully saturated rings. The number of nitrogens with zero attached hydrogens (tertiary/aromatic N) is 2. The average molecular weight is 355 g/mol. The average Bonchev–Trinajstić information content (AvgIpc) is 2.64. The van der Waals surface area contributed by atoms with Crippen molar-refractivity contribution < 1.29 is 13.6 Å². The first-order chi connectivity index (χ1) is 12.5. The van der Waals surface area contributed by atoms with Gasteiger partial charge in [0.1, 0.15) is 11.6 Å². The van der Waals surface area contributed by atoms with E-state index in [4.69, 9.17) is 0 Å². The van der Waals surface area contributed by atoms with E-state index in [1.54, 1.807) is 24.3 Å². The molecular weight excluding hydrogens is 340 g/mol. The van der Waals surface area contributed by atoms with Gasteiger partial charge in [-0.2, -0.15) is 5.10 Å². The van der Waals surface area contributed by atoms with Crippen molar-refractivity contribution in [2.75, 3.05) is 6.54 Å². The van der Waals surface area contributed by atoms with Crippen LogP contribution in [0.25, 0.3) is 11.3 Å². The number of hydrogen-bond donors (Lipinski definition) is 1. The minimum absolute atomic E-state index is 0.0622. The molecule has 1 amide bonds. The standard InChI is InChI=1S/C19H15F2N3O2/c20-14-7-5-13(6-8-14)17-9-10-18(25)24(23-17)12-11-22-19(26)15-3-1-2-4-16(15)21/h1-10H,11-12H2,(H,22,26). The van der Waals surface area contributed by atoms with Crippen molar-refractivity contribution in [1.82, 2.24) is 15.1 Å². The smallest absolute Gasteiger partial charge is 0.266 e. The molecule has 1 N–H and O–H groups in total. The number of benzene rings is 2. The predicted molar refractivity (Wildman–Crippen MR) is 92.6 cm³/mol. The van der Waals surface area contributed by atoms with Crippen LogP contribution >= 0.6 is 0 Å². The number of nitrogens with one attached hydrogen (secondary N) is 1. The van der Waals surface area contributed by atoms with Crippen molar-refractivity contribution in [2.45, 2.75) is 6.54 Å². The van der Waals surface area contributed by atoms with E-state index in [9.17, 15) is 18.4 Å². The van der Waals surface area contributed by atoms with E-state index < -0.39 is 11.7 Å². The Balaban J connectivity index is 1.69. The molecule has 5 nitrogen and oxygen atoms in total. The lowest BCUT2D eigenvalue weighted by Crippen LogP contribution is -2.32. The first kappa shape index (κ1) is 17.5. The molecule has 0 radical (unpaired) electrons. The van der Waals surface area contributed by atoms with Gasteiger partial charge in [0, 0.05) is 18.2 Å². The van der Waals surface area contributed by atoms with E-state index in [0.717, 1.165) is 0 Å². The Bertz CT molecular complexity index is 985. The van der Waals surface area contributed by atoms with Crippen LogP contribution in [-0.2, 0) is 6.54 Å². The summed E-state index contributed by atoms with van der Waals surface area (Å²) in [5.41, 5.74) is 0.768. The van der Waals surface area contributed by atoms with Crippen LogP contribution in [0.15, 0.2) is 65.5 Å². The molecule has 0 saturated carbocycles. The molecule has 0 saturated heterocycles. The van der Waals surface area contributed by atoms with E-state index in [1.165, 1.54) is 41.1 Å². The van der Waals surface area contributed by atoms with Crippen LogP contribution in [0.2, 0.25) is 0 Å². The summed E-state index contributed by atoms with van der Waals surface area (Å²) in [6.45, 7) is 0.223. The molecule has 1 aromatic heterocycles. The lowest BCUT2D eigenvalue weighted by atomic mass is 10.1. The monoisotopic (exact) mass is 355 g/mol. The van der Waals surface area contributed by atoms with Gasteiger partial charge in [-0.15, -0.1) is 0 Å². The van der Waals surface area contributed by atoms with Crippen molar-refractivity contribution in [2.24, 2.45) is 0 Å². The number of rotatable bonds is 5. The summed E-state index contributed by atoms with van der Waals surface area (Å²) in [5, 5.41) is 6.77. The van der Waals surface area contributed by atoms with Gasteiger partial charge in [-0.25, -0.2) is 13.5 Å². The molecule has 132 valence electrons. The van der Waals surface area contributed by atoms with Crippen molar-refractivity contribution in [3.63, 3.8) is 0 Å². The minimum Gasteiger partial charge on any atom is -0.350 e. The predicted octanol–water partition coefficient (Wildman–Crippen LogP) is 2.62. The topological polar surface area (TPSA) is 64.0 Å². The summed E-state index contributed by atoms with van der Waals surface area (Å²) in [5.74, 6) is -1.54. The quantitative estimate of drug-likeness (QED) is 0.765. The van der Waals surface area contributed by atoms with E-state index in [-0.39, 0.29) is 30.0 Å². The summed E-state index contributed by atoms with van der Waals surface area (Å²) in [7, 11) is 0. The molecule has 0 spiro atoms. The van der Waals surface area contributed by atoms with Crippen LogP contribution in [0.3, 0.4) is 0 Å². The molecule has 0 aliphatic heterocycles. The van der Waals surface area contributed by atoms with Gasteiger partial charge in [-0.1, -0.05) is 12.1 Å². The summed E-state index contributed by atoms with van der Waals surface area (Å²) in [6.07, 6.45) is 0. The third-order valence-electron chi connectivity index (χ3n) is 3.73. The van der Waals surface area contributed by atoms with E-state index in [1.807, 2.05) is 0 Å². The maximum Gasteiger partial charge on any atom is 0.266 e. The molecule has 0 atom stereocenters. The normalized spacial score (nSPS) is 10.5. The number of carbonyl (C=O) groups excluding carboxylic acids is 1. The second-order valence-electron chi connectivity index (χ2n) is 5.52. The van der Waals surface area contributed by atoms with Crippen LogP contribution in [0.5, 0.6) is 0 Å². The first-order valence-corrected chi connectivity index (χ1v) is 7.91. The summed E-state index contributed by atoms with van der Waals surface area (Å²) >= 11 is 0. The van der Waals surface area contributed by atoms with E-state index in [2.05, 4.69) is 10.4 Å².